The van der Waals surface area contributed by atoms with Gasteiger partial charge in [-0.3, -0.25) is 4.68 Å². The Bertz CT molecular complexity index is 400. The normalized spacial score (nSPS) is 22.6. The summed E-state index contributed by atoms with van der Waals surface area (Å²) in [6, 6.07) is 2.85. The maximum atomic E-state index is 4.75. The fourth-order valence-electron chi connectivity index (χ4n) is 3.31. The Morgan fingerprint density at radius 1 is 1.32 bits per heavy atom. The Kier molecular flexibility index (Phi) is 3.92. The van der Waals surface area contributed by atoms with Crippen LogP contribution in [-0.2, 0) is 6.54 Å². The van der Waals surface area contributed by atoms with Crippen molar-refractivity contribution in [2.24, 2.45) is 5.41 Å². The minimum absolute atomic E-state index is 0.631. The summed E-state index contributed by atoms with van der Waals surface area (Å²) in [6.45, 7) is 4.41. The highest BCUT2D eigenvalue weighted by Crippen LogP contribution is 2.47. The van der Waals surface area contributed by atoms with Crippen molar-refractivity contribution in [2.75, 3.05) is 6.54 Å². The van der Waals surface area contributed by atoms with E-state index in [1.807, 2.05) is 0 Å². The van der Waals surface area contributed by atoms with Crippen LogP contribution < -0.4 is 5.32 Å². The van der Waals surface area contributed by atoms with Crippen LogP contribution in [0.3, 0.4) is 0 Å². The first-order chi connectivity index (χ1) is 9.31. The molecule has 1 heterocycles. The zero-order valence-corrected chi connectivity index (χ0v) is 12.2. The van der Waals surface area contributed by atoms with E-state index in [9.17, 15) is 0 Å². The summed E-state index contributed by atoms with van der Waals surface area (Å²) in [5.74, 6) is 0. The molecule has 0 bridgehead atoms. The third-order valence-corrected chi connectivity index (χ3v) is 5.13. The van der Waals surface area contributed by atoms with Crippen molar-refractivity contribution < 1.29 is 0 Å². The average molecular weight is 261 g/mol. The lowest BCUT2D eigenvalue weighted by Crippen LogP contribution is -2.23. The van der Waals surface area contributed by atoms with E-state index >= 15 is 0 Å². The van der Waals surface area contributed by atoms with Crippen LogP contribution in [0.15, 0.2) is 12.3 Å². The fourth-order valence-corrected chi connectivity index (χ4v) is 3.31. The van der Waals surface area contributed by atoms with E-state index < -0.39 is 0 Å². The molecule has 2 aliphatic carbocycles. The minimum atomic E-state index is 0.631. The van der Waals surface area contributed by atoms with E-state index in [0.717, 1.165) is 6.54 Å². The maximum Gasteiger partial charge on any atom is 0.0762 e. The first kappa shape index (κ1) is 13.2. The van der Waals surface area contributed by atoms with Crippen molar-refractivity contribution in [3.05, 3.63) is 18.0 Å². The quantitative estimate of drug-likeness (QED) is 0.846. The summed E-state index contributed by atoms with van der Waals surface area (Å²) in [4.78, 5) is 0. The molecular formula is C16H27N3. The number of hydrogen-bond acceptors (Lipinski definition) is 2. The summed E-state index contributed by atoms with van der Waals surface area (Å²) >= 11 is 0. The fraction of sp³-hybridized carbons (Fsp3) is 0.812. The molecule has 3 nitrogen and oxygen atoms in total. The molecule has 0 aliphatic heterocycles. The summed E-state index contributed by atoms with van der Waals surface area (Å²) in [7, 11) is 0. The second kappa shape index (κ2) is 5.66. The largest absolute Gasteiger partial charge is 0.311 e. The topological polar surface area (TPSA) is 29.9 Å². The monoisotopic (exact) mass is 261 g/mol. The van der Waals surface area contributed by atoms with Crippen LogP contribution in [0.1, 0.15) is 70.0 Å². The average Bonchev–Trinajstić information content (AvgIpc) is 3.09. The van der Waals surface area contributed by atoms with Crippen molar-refractivity contribution in [2.45, 2.75) is 70.9 Å². The van der Waals surface area contributed by atoms with Crippen LogP contribution in [0, 0.1) is 5.41 Å². The maximum absolute atomic E-state index is 4.75. The van der Waals surface area contributed by atoms with E-state index in [2.05, 4.69) is 29.2 Å². The van der Waals surface area contributed by atoms with Gasteiger partial charge in [0.1, 0.15) is 0 Å². The van der Waals surface area contributed by atoms with Gasteiger partial charge >= 0.3 is 0 Å². The van der Waals surface area contributed by atoms with Gasteiger partial charge in [0.05, 0.1) is 11.7 Å². The summed E-state index contributed by atoms with van der Waals surface area (Å²) < 4.78 is 2.21. The molecule has 0 radical (unpaired) electrons. The second-order valence-corrected chi connectivity index (χ2v) is 6.54. The van der Waals surface area contributed by atoms with E-state index in [1.165, 1.54) is 63.6 Å². The van der Waals surface area contributed by atoms with Crippen LogP contribution >= 0.6 is 0 Å². The summed E-state index contributed by atoms with van der Waals surface area (Å²) in [6.07, 6.45) is 13.1. The lowest BCUT2D eigenvalue weighted by atomic mass is 9.96. The van der Waals surface area contributed by atoms with Crippen molar-refractivity contribution >= 4 is 0 Å². The summed E-state index contributed by atoms with van der Waals surface area (Å²) in [5, 5.41) is 8.35. The molecule has 2 aliphatic rings. The van der Waals surface area contributed by atoms with Gasteiger partial charge in [0.25, 0.3) is 0 Å². The zero-order chi connectivity index (χ0) is 13.1. The smallest absolute Gasteiger partial charge is 0.0762 e. The molecule has 2 saturated carbocycles. The van der Waals surface area contributed by atoms with Crippen LogP contribution in [0.4, 0.5) is 0 Å². The predicted molar refractivity (Wildman–Crippen MR) is 78.0 cm³/mol. The second-order valence-electron chi connectivity index (χ2n) is 6.54. The molecule has 3 heteroatoms. The molecule has 0 saturated heterocycles. The first-order valence-electron chi connectivity index (χ1n) is 8.06. The molecule has 0 spiro atoms. The highest BCUT2D eigenvalue weighted by Gasteiger charge is 2.39. The van der Waals surface area contributed by atoms with Gasteiger partial charge in [-0.25, -0.2) is 0 Å². The lowest BCUT2D eigenvalue weighted by Gasteiger charge is -2.21. The number of nitrogens with one attached hydrogen (secondary N) is 1. The van der Waals surface area contributed by atoms with E-state index in [0.29, 0.717) is 11.5 Å². The van der Waals surface area contributed by atoms with E-state index in [-0.39, 0.29) is 0 Å². The van der Waals surface area contributed by atoms with Crippen molar-refractivity contribution in [1.29, 1.82) is 0 Å². The van der Waals surface area contributed by atoms with Gasteiger partial charge in [-0.2, -0.15) is 5.10 Å². The molecule has 3 rings (SSSR count). The number of hydrogen-bond donors (Lipinski definition) is 1. The molecule has 1 aromatic heterocycles. The van der Waals surface area contributed by atoms with Gasteiger partial charge in [0.2, 0.25) is 0 Å². The Hall–Kier alpha value is -0.830. The Labute approximate surface area is 116 Å². The van der Waals surface area contributed by atoms with Crippen LogP contribution in [0.2, 0.25) is 0 Å². The summed E-state index contributed by atoms with van der Waals surface area (Å²) in [5.41, 5.74) is 1.84. The molecule has 19 heavy (non-hydrogen) atoms. The molecule has 2 fully saturated rings. The van der Waals surface area contributed by atoms with Crippen LogP contribution in [0.25, 0.3) is 0 Å². The molecular weight excluding hydrogens is 234 g/mol. The first-order valence-corrected chi connectivity index (χ1v) is 8.06. The van der Waals surface area contributed by atoms with Crippen molar-refractivity contribution in [3.63, 3.8) is 0 Å². The molecule has 0 unspecified atom stereocenters. The van der Waals surface area contributed by atoms with Crippen molar-refractivity contribution in [3.8, 4) is 0 Å². The molecule has 0 atom stereocenters. The number of nitrogens with zero attached hydrogens (tertiary/aromatic N) is 2. The zero-order valence-electron chi connectivity index (χ0n) is 12.2. The van der Waals surface area contributed by atoms with E-state index in [4.69, 9.17) is 5.10 Å². The highest BCUT2D eigenvalue weighted by atomic mass is 15.3. The predicted octanol–water partition coefficient (Wildman–Crippen LogP) is 3.67. The van der Waals surface area contributed by atoms with Crippen LogP contribution in [-0.4, -0.2) is 16.3 Å². The van der Waals surface area contributed by atoms with E-state index in [1.54, 1.807) is 0 Å². The minimum Gasteiger partial charge on any atom is -0.311 e. The SMILES string of the molecule is CCC1(CNCc2ccn(C3CCCCC3)n2)CC1. The van der Waals surface area contributed by atoms with Gasteiger partial charge in [-0.05, 0) is 43.6 Å². The van der Waals surface area contributed by atoms with Gasteiger partial charge in [0.15, 0.2) is 0 Å². The van der Waals surface area contributed by atoms with Crippen LogP contribution in [0.5, 0.6) is 0 Å². The third-order valence-electron chi connectivity index (χ3n) is 5.13. The van der Waals surface area contributed by atoms with Gasteiger partial charge in [-0.15, -0.1) is 0 Å². The lowest BCUT2D eigenvalue weighted by molar-refractivity contribution is 0.327. The van der Waals surface area contributed by atoms with Crippen molar-refractivity contribution in [1.82, 2.24) is 15.1 Å². The van der Waals surface area contributed by atoms with Gasteiger partial charge < -0.3 is 5.32 Å². The standard InChI is InChI=1S/C16H27N3/c1-2-16(9-10-16)13-17-12-14-8-11-19(18-14)15-6-4-3-5-7-15/h8,11,15,17H,2-7,9-10,12-13H2,1H3. The third kappa shape index (κ3) is 3.19. The Balaban J connectivity index is 1.47. The molecule has 106 valence electrons. The molecule has 0 amide bonds. The molecule has 1 N–H and O–H groups in total. The molecule has 1 aromatic rings. The van der Waals surface area contributed by atoms with Gasteiger partial charge in [-0.1, -0.05) is 26.2 Å². The Morgan fingerprint density at radius 2 is 2.11 bits per heavy atom. The highest BCUT2D eigenvalue weighted by molar-refractivity contribution is 5.01. The number of aromatic nitrogens is 2. The molecule has 0 aromatic carbocycles. The number of rotatable bonds is 6. The Morgan fingerprint density at radius 3 is 2.79 bits per heavy atom. The van der Waals surface area contributed by atoms with Gasteiger partial charge in [0, 0.05) is 19.3 Å².